The third kappa shape index (κ3) is 3.61. The van der Waals surface area contributed by atoms with Crippen LogP contribution in [0.1, 0.15) is 23.0 Å². The predicted octanol–water partition coefficient (Wildman–Crippen LogP) is -0.0365. The molecule has 0 bridgehead atoms. The van der Waals surface area contributed by atoms with Gasteiger partial charge in [0.2, 0.25) is 0 Å². The third-order valence-electron chi connectivity index (χ3n) is 3.82. The van der Waals surface area contributed by atoms with Crippen molar-refractivity contribution in [1.29, 1.82) is 0 Å². The molecule has 2 heterocycles. The van der Waals surface area contributed by atoms with E-state index in [9.17, 15) is 9.90 Å². The van der Waals surface area contributed by atoms with Gasteiger partial charge >= 0.3 is 0 Å². The van der Waals surface area contributed by atoms with Gasteiger partial charge in [-0.15, -0.1) is 0 Å². The summed E-state index contributed by atoms with van der Waals surface area (Å²) < 4.78 is 12.3. The molecular formula is C14H23N3O4. The van der Waals surface area contributed by atoms with E-state index in [4.69, 9.17) is 9.47 Å². The Morgan fingerprint density at radius 3 is 3.00 bits per heavy atom. The number of nitrogens with zero attached hydrogens (tertiary/aromatic N) is 2. The summed E-state index contributed by atoms with van der Waals surface area (Å²) in [6.45, 7) is 5.63. The van der Waals surface area contributed by atoms with Crippen LogP contribution in [0.3, 0.4) is 0 Å². The first kappa shape index (κ1) is 15.9. The molecule has 1 aliphatic heterocycles. The Hall–Kier alpha value is -1.44. The van der Waals surface area contributed by atoms with Crippen LogP contribution in [0.2, 0.25) is 0 Å². The van der Waals surface area contributed by atoms with Gasteiger partial charge in [0.1, 0.15) is 6.10 Å². The van der Waals surface area contributed by atoms with Crippen LogP contribution < -0.4 is 5.32 Å². The molecule has 0 aliphatic carbocycles. The SMILES string of the molecule is CCn1cc(C(=O)NC[C@@H]2COC[C@@H](OC)[C@H]2O)c(C)n1. The van der Waals surface area contributed by atoms with E-state index in [1.54, 1.807) is 24.9 Å². The molecule has 2 rings (SSSR count). The average molecular weight is 297 g/mol. The highest BCUT2D eigenvalue weighted by Gasteiger charge is 2.33. The fourth-order valence-electron chi connectivity index (χ4n) is 2.45. The number of carbonyl (C=O) groups excluding carboxylic acids is 1. The second-order valence-electron chi connectivity index (χ2n) is 5.26. The standard InChI is InChI=1S/C14H23N3O4/c1-4-17-6-11(9(2)16-17)14(19)15-5-10-7-21-8-12(20-3)13(10)18/h6,10,12-13,18H,4-5,7-8H2,1-3H3,(H,15,19)/t10-,12-,13+/m1/s1. The number of aliphatic hydroxyl groups is 1. The third-order valence-corrected chi connectivity index (χ3v) is 3.82. The zero-order valence-electron chi connectivity index (χ0n) is 12.7. The summed E-state index contributed by atoms with van der Waals surface area (Å²) in [5.41, 5.74) is 1.26. The van der Waals surface area contributed by atoms with Crippen LogP contribution in [0, 0.1) is 12.8 Å². The van der Waals surface area contributed by atoms with Gasteiger partial charge in [0.05, 0.1) is 30.6 Å². The van der Waals surface area contributed by atoms with Crippen LogP contribution in [0.25, 0.3) is 0 Å². The van der Waals surface area contributed by atoms with Gasteiger partial charge in [-0.1, -0.05) is 0 Å². The first-order valence-corrected chi connectivity index (χ1v) is 7.17. The van der Waals surface area contributed by atoms with Crippen molar-refractivity contribution < 1.29 is 19.4 Å². The molecule has 0 unspecified atom stereocenters. The van der Waals surface area contributed by atoms with Crippen LogP contribution >= 0.6 is 0 Å². The number of aryl methyl sites for hydroxylation is 2. The number of carbonyl (C=O) groups is 1. The zero-order valence-corrected chi connectivity index (χ0v) is 12.7. The lowest BCUT2D eigenvalue weighted by molar-refractivity contribution is -0.132. The molecule has 1 fully saturated rings. The maximum absolute atomic E-state index is 12.2. The van der Waals surface area contributed by atoms with E-state index in [0.717, 1.165) is 6.54 Å². The largest absolute Gasteiger partial charge is 0.390 e. The van der Waals surface area contributed by atoms with Gasteiger partial charge in [0.15, 0.2) is 0 Å². The minimum atomic E-state index is -0.636. The van der Waals surface area contributed by atoms with E-state index in [-0.39, 0.29) is 17.9 Å². The number of methoxy groups -OCH3 is 1. The van der Waals surface area contributed by atoms with E-state index in [0.29, 0.717) is 31.0 Å². The molecule has 1 amide bonds. The summed E-state index contributed by atoms with van der Waals surface area (Å²) in [5, 5.41) is 17.2. The Labute approximate surface area is 124 Å². The predicted molar refractivity (Wildman–Crippen MR) is 76.1 cm³/mol. The summed E-state index contributed by atoms with van der Waals surface area (Å²) in [6.07, 6.45) is 0.755. The van der Waals surface area contributed by atoms with Crippen molar-refractivity contribution in [3.8, 4) is 0 Å². The smallest absolute Gasteiger partial charge is 0.254 e. The molecule has 1 aromatic heterocycles. The number of hydrogen-bond acceptors (Lipinski definition) is 5. The van der Waals surface area contributed by atoms with Gasteiger partial charge in [0.25, 0.3) is 5.91 Å². The highest BCUT2D eigenvalue weighted by molar-refractivity contribution is 5.94. The van der Waals surface area contributed by atoms with Gasteiger partial charge < -0.3 is 19.9 Å². The molecule has 7 heteroatoms. The van der Waals surface area contributed by atoms with Crippen LogP contribution in [-0.4, -0.2) is 59.9 Å². The number of ether oxygens (including phenoxy) is 2. The van der Waals surface area contributed by atoms with Crippen molar-refractivity contribution in [1.82, 2.24) is 15.1 Å². The van der Waals surface area contributed by atoms with E-state index in [1.165, 1.54) is 0 Å². The molecule has 21 heavy (non-hydrogen) atoms. The topological polar surface area (TPSA) is 85.6 Å². The Kier molecular flexibility index (Phi) is 5.33. The van der Waals surface area contributed by atoms with E-state index >= 15 is 0 Å². The van der Waals surface area contributed by atoms with Crippen molar-refractivity contribution in [2.45, 2.75) is 32.6 Å². The van der Waals surface area contributed by atoms with E-state index in [2.05, 4.69) is 10.4 Å². The molecule has 0 aromatic carbocycles. The fraction of sp³-hybridized carbons (Fsp3) is 0.714. The molecule has 1 saturated heterocycles. The molecular weight excluding hydrogens is 274 g/mol. The Morgan fingerprint density at radius 2 is 2.38 bits per heavy atom. The Balaban J connectivity index is 1.92. The van der Waals surface area contributed by atoms with Crippen LogP contribution in [0.4, 0.5) is 0 Å². The summed E-state index contributed by atoms with van der Waals surface area (Å²) >= 11 is 0. The molecule has 2 N–H and O–H groups in total. The summed E-state index contributed by atoms with van der Waals surface area (Å²) in [7, 11) is 1.54. The lowest BCUT2D eigenvalue weighted by Gasteiger charge is -2.33. The minimum absolute atomic E-state index is 0.172. The second kappa shape index (κ2) is 7.02. The summed E-state index contributed by atoms with van der Waals surface area (Å²) in [4.78, 5) is 12.2. The van der Waals surface area contributed by atoms with Gasteiger partial charge in [-0.2, -0.15) is 5.10 Å². The number of rotatable bonds is 5. The number of nitrogens with one attached hydrogen (secondary N) is 1. The molecule has 1 aliphatic rings. The zero-order chi connectivity index (χ0) is 15.4. The first-order chi connectivity index (χ1) is 10.1. The number of hydrogen-bond donors (Lipinski definition) is 2. The average Bonchev–Trinajstić information content (AvgIpc) is 2.87. The van der Waals surface area contributed by atoms with Crippen molar-refractivity contribution in [3.63, 3.8) is 0 Å². The molecule has 7 nitrogen and oxygen atoms in total. The lowest BCUT2D eigenvalue weighted by atomic mass is 9.96. The Morgan fingerprint density at radius 1 is 1.62 bits per heavy atom. The van der Waals surface area contributed by atoms with Gasteiger partial charge in [-0.25, -0.2) is 0 Å². The van der Waals surface area contributed by atoms with E-state index in [1.807, 2.05) is 6.92 Å². The number of aliphatic hydroxyl groups excluding tert-OH is 1. The number of aromatic nitrogens is 2. The van der Waals surface area contributed by atoms with Crippen LogP contribution in [-0.2, 0) is 16.0 Å². The Bertz CT molecular complexity index is 489. The van der Waals surface area contributed by atoms with Crippen molar-refractivity contribution in [2.24, 2.45) is 5.92 Å². The number of amides is 1. The highest BCUT2D eigenvalue weighted by atomic mass is 16.5. The molecule has 0 radical (unpaired) electrons. The quantitative estimate of drug-likeness (QED) is 0.797. The highest BCUT2D eigenvalue weighted by Crippen LogP contribution is 2.17. The van der Waals surface area contributed by atoms with Gasteiger partial charge in [-0.3, -0.25) is 9.48 Å². The molecule has 0 saturated carbocycles. The fourth-order valence-corrected chi connectivity index (χ4v) is 2.45. The minimum Gasteiger partial charge on any atom is -0.390 e. The molecule has 0 spiro atoms. The van der Waals surface area contributed by atoms with Crippen molar-refractivity contribution in [3.05, 3.63) is 17.5 Å². The van der Waals surface area contributed by atoms with Gasteiger partial charge in [0, 0.05) is 32.3 Å². The maximum Gasteiger partial charge on any atom is 0.254 e. The molecule has 1 aromatic rings. The van der Waals surface area contributed by atoms with Crippen molar-refractivity contribution in [2.75, 3.05) is 26.9 Å². The lowest BCUT2D eigenvalue weighted by Crippen LogP contribution is -2.49. The molecule has 118 valence electrons. The van der Waals surface area contributed by atoms with Crippen molar-refractivity contribution >= 4 is 5.91 Å². The second-order valence-corrected chi connectivity index (χ2v) is 5.26. The molecule has 3 atom stereocenters. The first-order valence-electron chi connectivity index (χ1n) is 7.17. The van der Waals surface area contributed by atoms with Crippen LogP contribution in [0.5, 0.6) is 0 Å². The monoisotopic (exact) mass is 297 g/mol. The van der Waals surface area contributed by atoms with Crippen LogP contribution in [0.15, 0.2) is 6.20 Å². The summed E-state index contributed by atoms with van der Waals surface area (Å²) in [6, 6.07) is 0. The maximum atomic E-state index is 12.2. The van der Waals surface area contributed by atoms with E-state index < -0.39 is 6.10 Å². The summed E-state index contributed by atoms with van der Waals surface area (Å²) in [5.74, 6) is -0.354. The van der Waals surface area contributed by atoms with Gasteiger partial charge in [-0.05, 0) is 13.8 Å². The normalized spacial score (nSPS) is 25.8.